The van der Waals surface area contributed by atoms with Gasteiger partial charge in [0.1, 0.15) is 5.75 Å². The maximum Gasteiger partial charge on any atom is 0.230 e. The molecule has 0 spiro atoms. The van der Waals surface area contributed by atoms with Gasteiger partial charge in [0.2, 0.25) is 5.91 Å². The van der Waals surface area contributed by atoms with Gasteiger partial charge in [-0.15, -0.1) is 10.2 Å². The van der Waals surface area contributed by atoms with Crippen molar-refractivity contribution in [2.75, 3.05) is 12.4 Å². The van der Waals surface area contributed by atoms with E-state index in [1.165, 1.54) is 17.3 Å². The maximum atomic E-state index is 12.7. The van der Waals surface area contributed by atoms with Gasteiger partial charge >= 0.3 is 0 Å². The number of benzene rings is 2. The van der Waals surface area contributed by atoms with E-state index in [4.69, 9.17) is 4.74 Å². The molecule has 8 heteroatoms. The molecule has 1 aliphatic rings. The van der Waals surface area contributed by atoms with Crippen molar-refractivity contribution in [2.24, 2.45) is 0 Å². The number of carbonyl (C=O) groups excluding carboxylic acids is 1. The number of thioether (sulfide) groups is 1. The Bertz CT molecular complexity index is 1070. The summed E-state index contributed by atoms with van der Waals surface area (Å²) in [5.41, 5.74) is 3.22. The van der Waals surface area contributed by atoms with Gasteiger partial charge in [-0.2, -0.15) is 0 Å². The number of aromatic nitrogens is 3. The first-order chi connectivity index (χ1) is 14.5. The fraction of sp³-hybridized carbons (Fsp3) is 0.318. The lowest BCUT2D eigenvalue weighted by molar-refractivity contribution is -0.119. The topological polar surface area (TPSA) is 69.0 Å². The molecule has 0 saturated carbocycles. The highest BCUT2D eigenvalue weighted by Crippen LogP contribution is 2.34. The molecule has 2 heterocycles. The molecule has 1 unspecified atom stereocenters. The summed E-state index contributed by atoms with van der Waals surface area (Å²) in [6, 6.07) is 14.0. The zero-order valence-electron chi connectivity index (χ0n) is 16.9. The van der Waals surface area contributed by atoms with E-state index in [0.29, 0.717) is 6.61 Å². The molecule has 0 bridgehead atoms. The zero-order valence-corrected chi connectivity index (χ0v) is 19.3. The van der Waals surface area contributed by atoms with Crippen LogP contribution in [0.3, 0.4) is 0 Å². The normalized spacial score (nSPS) is 15.4. The number of aryl methyl sites for hydroxylation is 1. The van der Waals surface area contributed by atoms with Crippen molar-refractivity contribution in [2.45, 2.75) is 38.0 Å². The molecular formula is C22H23BrN4O2S. The molecule has 30 heavy (non-hydrogen) atoms. The summed E-state index contributed by atoms with van der Waals surface area (Å²) < 4.78 is 8.73. The van der Waals surface area contributed by atoms with E-state index in [-0.39, 0.29) is 17.7 Å². The highest BCUT2D eigenvalue weighted by Gasteiger charge is 2.24. The number of hydrogen-bond donors (Lipinski definition) is 1. The van der Waals surface area contributed by atoms with Crippen LogP contribution in [-0.4, -0.2) is 33.0 Å². The van der Waals surface area contributed by atoms with E-state index in [2.05, 4.69) is 57.4 Å². The van der Waals surface area contributed by atoms with Crippen LogP contribution < -0.4 is 10.1 Å². The molecular weight excluding hydrogens is 464 g/mol. The molecule has 4 rings (SSSR count). The Morgan fingerprint density at radius 1 is 1.30 bits per heavy atom. The molecule has 1 amide bonds. The van der Waals surface area contributed by atoms with Gasteiger partial charge in [-0.05, 0) is 38.1 Å². The Morgan fingerprint density at radius 2 is 2.17 bits per heavy atom. The Hall–Kier alpha value is -2.32. The van der Waals surface area contributed by atoms with E-state index in [1.807, 2.05) is 34.9 Å². The summed E-state index contributed by atoms with van der Waals surface area (Å²) in [5, 5.41) is 12.6. The number of fused-ring (bicyclic) bond motifs is 1. The fourth-order valence-corrected chi connectivity index (χ4v) is 4.75. The largest absolute Gasteiger partial charge is 0.493 e. The van der Waals surface area contributed by atoms with Crippen molar-refractivity contribution in [1.82, 2.24) is 20.1 Å². The Labute approximate surface area is 188 Å². The Balaban J connectivity index is 1.43. The molecule has 1 aliphatic heterocycles. The van der Waals surface area contributed by atoms with Gasteiger partial charge in [-0.1, -0.05) is 51.5 Å². The summed E-state index contributed by atoms with van der Waals surface area (Å²) in [7, 11) is 0. The van der Waals surface area contributed by atoms with Crippen molar-refractivity contribution >= 4 is 33.6 Å². The van der Waals surface area contributed by atoms with Gasteiger partial charge in [0.05, 0.1) is 18.4 Å². The number of nitrogens with zero attached hydrogens (tertiary/aromatic N) is 3. The SMILES string of the molecule is CCn1c(SCC(=O)NC2CCOc3ccc(Br)cc32)nnc1-c1cccc(C)c1. The minimum absolute atomic E-state index is 0.0272. The molecule has 0 aliphatic carbocycles. The minimum atomic E-state index is -0.0498. The lowest BCUT2D eigenvalue weighted by Crippen LogP contribution is -2.33. The second-order valence-electron chi connectivity index (χ2n) is 7.15. The van der Waals surface area contributed by atoms with Crippen LogP contribution in [-0.2, 0) is 11.3 Å². The molecule has 2 aromatic carbocycles. The number of rotatable bonds is 6. The summed E-state index contributed by atoms with van der Waals surface area (Å²) in [4.78, 5) is 12.7. The van der Waals surface area contributed by atoms with E-state index < -0.39 is 0 Å². The first-order valence-corrected chi connectivity index (χ1v) is 11.7. The number of ether oxygens (including phenoxy) is 1. The van der Waals surface area contributed by atoms with Gasteiger partial charge in [0.25, 0.3) is 0 Å². The number of amides is 1. The maximum absolute atomic E-state index is 12.7. The summed E-state index contributed by atoms with van der Waals surface area (Å²) in [5.74, 6) is 1.91. The quantitative estimate of drug-likeness (QED) is 0.508. The van der Waals surface area contributed by atoms with Crippen LogP contribution in [0.4, 0.5) is 0 Å². The van der Waals surface area contributed by atoms with Gasteiger partial charge < -0.3 is 14.6 Å². The molecule has 0 fully saturated rings. The number of hydrogen-bond acceptors (Lipinski definition) is 5. The van der Waals surface area contributed by atoms with E-state index in [9.17, 15) is 4.79 Å². The predicted octanol–water partition coefficient (Wildman–Crippen LogP) is 4.77. The van der Waals surface area contributed by atoms with Crippen LogP contribution in [0.5, 0.6) is 5.75 Å². The second kappa shape index (κ2) is 9.22. The summed E-state index contributed by atoms with van der Waals surface area (Å²) in [6.45, 7) is 5.45. The highest BCUT2D eigenvalue weighted by atomic mass is 79.9. The van der Waals surface area contributed by atoms with E-state index >= 15 is 0 Å². The monoisotopic (exact) mass is 486 g/mol. The third kappa shape index (κ3) is 4.54. The third-order valence-electron chi connectivity index (χ3n) is 4.99. The molecule has 6 nitrogen and oxygen atoms in total. The molecule has 0 saturated heterocycles. The zero-order chi connectivity index (χ0) is 21.1. The van der Waals surface area contributed by atoms with Crippen molar-refractivity contribution in [3.05, 3.63) is 58.1 Å². The first kappa shape index (κ1) is 20.9. The average molecular weight is 487 g/mol. The van der Waals surface area contributed by atoms with Crippen LogP contribution in [0.15, 0.2) is 52.1 Å². The molecule has 1 atom stereocenters. The fourth-order valence-electron chi connectivity index (χ4n) is 3.56. The van der Waals surface area contributed by atoms with Crippen molar-refractivity contribution in [3.8, 4) is 17.1 Å². The summed E-state index contributed by atoms with van der Waals surface area (Å²) >= 11 is 4.91. The molecule has 1 aromatic heterocycles. The van der Waals surface area contributed by atoms with Gasteiger partial charge in [0.15, 0.2) is 11.0 Å². The van der Waals surface area contributed by atoms with Crippen molar-refractivity contribution in [1.29, 1.82) is 0 Å². The van der Waals surface area contributed by atoms with Crippen LogP contribution >= 0.6 is 27.7 Å². The van der Waals surface area contributed by atoms with Crippen LogP contribution in [0.2, 0.25) is 0 Å². The van der Waals surface area contributed by atoms with E-state index in [0.717, 1.165) is 45.3 Å². The lowest BCUT2D eigenvalue weighted by Gasteiger charge is -2.26. The molecule has 3 aromatic rings. The average Bonchev–Trinajstić information content (AvgIpc) is 3.15. The highest BCUT2D eigenvalue weighted by molar-refractivity contribution is 9.10. The standard InChI is InChI=1S/C22H23BrN4O2S/c1-3-27-21(15-6-4-5-14(2)11-15)25-26-22(27)30-13-20(28)24-18-9-10-29-19-8-7-16(23)12-17(18)19/h4-8,11-12,18H,3,9-10,13H2,1-2H3,(H,24,28). The van der Waals surface area contributed by atoms with Gasteiger partial charge in [-0.25, -0.2) is 0 Å². The Morgan fingerprint density at radius 3 is 2.97 bits per heavy atom. The minimum Gasteiger partial charge on any atom is -0.493 e. The van der Waals surface area contributed by atoms with E-state index in [1.54, 1.807) is 0 Å². The molecule has 1 N–H and O–H groups in total. The summed E-state index contributed by atoms with van der Waals surface area (Å²) in [6.07, 6.45) is 0.752. The smallest absolute Gasteiger partial charge is 0.230 e. The first-order valence-electron chi connectivity index (χ1n) is 9.90. The van der Waals surface area contributed by atoms with Gasteiger partial charge in [0, 0.05) is 28.6 Å². The number of nitrogens with one attached hydrogen (secondary N) is 1. The van der Waals surface area contributed by atoms with Crippen LogP contribution in [0.1, 0.15) is 30.5 Å². The lowest BCUT2D eigenvalue weighted by atomic mass is 10.0. The predicted molar refractivity (Wildman–Crippen MR) is 122 cm³/mol. The van der Waals surface area contributed by atoms with Gasteiger partial charge in [-0.3, -0.25) is 4.79 Å². The second-order valence-corrected chi connectivity index (χ2v) is 9.01. The van der Waals surface area contributed by atoms with Crippen molar-refractivity contribution in [3.63, 3.8) is 0 Å². The molecule has 156 valence electrons. The number of halogens is 1. The third-order valence-corrected chi connectivity index (χ3v) is 6.45. The van der Waals surface area contributed by atoms with Crippen molar-refractivity contribution < 1.29 is 9.53 Å². The molecule has 0 radical (unpaired) electrons. The van der Waals surface area contributed by atoms with Crippen LogP contribution in [0.25, 0.3) is 11.4 Å². The Kier molecular flexibility index (Phi) is 6.43. The number of carbonyl (C=O) groups is 1. The van der Waals surface area contributed by atoms with Crippen LogP contribution in [0, 0.1) is 6.92 Å².